The maximum atomic E-state index is 12.6. The maximum absolute atomic E-state index is 12.6. The normalized spacial score (nSPS) is 11.4. The molecule has 0 radical (unpaired) electrons. The average molecular weight is 464 g/mol. The topological polar surface area (TPSA) is 90.3 Å². The highest BCUT2D eigenvalue weighted by molar-refractivity contribution is 9.10. The van der Waals surface area contributed by atoms with Gasteiger partial charge in [-0.05, 0) is 24.3 Å². The lowest BCUT2D eigenvalue weighted by Crippen LogP contribution is -2.32. The molecule has 0 unspecified atom stereocenters. The number of methoxy groups -OCH3 is 1. The molecule has 0 fully saturated rings. The van der Waals surface area contributed by atoms with Gasteiger partial charge < -0.3 is 4.74 Å². The summed E-state index contributed by atoms with van der Waals surface area (Å²) in [4.78, 5) is 12.1. The van der Waals surface area contributed by atoms with Crippen molar-refractivity contribution in [1.29, 1.82) is 0 Å². The van der Waals surface area contributed by atoms with Gasteiger partial charge in [0, 0.05) is 22.6 Å². The zero-order valence-corrected chi connectivity index (χ0v) is 17.4. The van der Waals surface area contributed by atoms with Crippen molar-refractivity contribution in [3.05, 3.63) is 75.5 Å². The number of nitrogens with zero attached hydrogens (tertiary/aromatic N) is 2. The third-order valence-electron chi connectivity index (χ3n) is 3.97. The van der Waals surface area contributed by atoms with Gasteiger partial charge in [-0.15, -0.1) is 0 Å². The highest BCUT2D eigenvalue weighted by Gasteiger charge is 2.19. The van der Waals surface area contributed by atoms with Crippen LogP contribution < -0.4 is 15.0 Å². The molecule has 0 aliphatic rings. The van der Waals surface area contributed by atoms with E-state index in [-0.39, 0.29) is 29.3 Å². The van der Waals surface area contributed by atoms with Crippen LogP contribution in [0.1, 0.15) is 0 Å². The first-order chi connectivity index (χ1) is 13.4. The second-order valence-electron chi connectivity index (χ2n) is 5.84. The molecule has 0 atom stereocenters. The zero-order valence-electron chi connectivity index (χ0n) is 15.0. The van der Waals surface area contributed by atoms with Gasteiger partial charge >= 0.3 is 0 Å². The first-order valence-electron chi connectivity index (χ1n) is 8.37. The predicted octanol–water partition coefficient (Wildman–Crippen LogP) is 2.66. The van der Waals surface area contributed by atoms with Crippen LogP contribution in [0.5, 0.6) is 5.75 Å². The highest BCUT2D eigenvalue weighted by atomic mass is 79.9. The number of hydrogen-bond acceptors (Lipinski definition) is 5. The Kier molecular flexibility index (Phi) is 6.28. The minimum Gasteiger partial charge on any atom is -0.495 e. The second kappa shape index (κ2) is 8.68. The van der Waals surface area contributed by atoms with Gasteiger partial charge in [-0.25, -0.2) is 17.8 Å². The molecule has 2 aromatic carbocycles. The fraction of sp³-hybridized carbons (Fsp3) is 0.158. The molecule has 0 saturated carbocycles. The van der Waals surface area contributed by atoms with Crippen LogP contribution in [0, 0.1) is 0 Å². The highest BCUT2D eigenvalue weighted by Crippen LogP contribution is 2.26. The summed E-state index contributed by atoms with van der Waals surface area (Å²) in [5, 5.41) is 4.32. The molecule has 0 spiro atoms. The van der Waals surface area contributed by atoms with Gasteiger partial charge in [-0.2, -0.15) is 5.10 Å². The summed E-state index contributed by atoms with van der Waals surface area (Å²) in [6.45, 7) is 0.0954. The number of ether oxygens (including phenoxy) is 1. The number of benzene rings is 2. The molecule has 9 heteroatoms. The van der Waals surface area contributed by atoms with Crippen molar-refractivity contribution in [2.45, 2.75) is 11.4 Å². The van der Waals surface area contributed by atoms with E-state index in [0.29, 0.717) is 10.2 Å². The third kappa shape index (κ3) is 4.67. The van der Waals surface area contributed by atoms with Crippen LogP contribution in [0.15, 0.2) is 74.8 Å². The lowest BCUT2D eigenvalue weighted by atomic mass is 10.1. The van der Waals surface area contributed by atoms with Crippen LogP contribution in [0.3, 0.4) is 0 Å². The van der Waals surface area contributed by atoms with E-state index in [1.165, 1.54) is 23.9 Å². The molecule has 1 N–H and O–H groups in total. The van der Waals surface area contributed by atoms with Gasteiger partial charge in [0.25, 0.3) is 5.56 Å². The molecule has 0 aliphatic carbocycles. The van der Waals surface area contributed by atoms with E-state index in [2.05, 4.69) is 25.8 Å². The van der Waals surface area contributed by atoms with E-state index in [1.54, 1.807) is 18.2 Å². The van der Waals surface area contributed by atoms with E-state index >= 15 is 0 Å². The summed E-state index contributed by atoms with van der Waals surface area (Å²) in [7, 11) is -2.42. The van der Waals surface area contributed by atoms with E-state index in [1.807, 2.05) is 30.3 Å². The minimum absolute atomic E-state index is 0.00313. The molecule has 0 saturated heterocycles. The van der Waals surface area contributed by atoms with E-state index in [9.17, 15) is 13.2 Å². The van der Waals surface area contributed by atoms with Crippen LogP contribution in [0.2, 0.25) is 0 Å². The van der Waals surface area contributed by atoms with Gasteiger partial charge in [0.15, 0.2) is 0 Å². The first kappa shape index (κ1) is 20.2. The summed E-state index contributed by atoms with van der Waals surface area (Å²) < 4.78 is 34.7. The van der Waals surface area contributed by atoms with Gasteiger partial charge in [0.1, 0.15) is 10.6 Å². The monoisotopic (exact) mass is 463 g/mol. The number of nitrogens with one attached hydrogen (secondary N) is 1. The molecule has 1 aromatic heterocycles. The Bertz CT molecular complexity index is 1130. The fourth-order valence-electron chi connectivity index (χ4n) is 2.60. The Hall–Kier alpha value is -2.49. The van der Waals surface area contributed by atoms with Crippen molar-refractivity contribution in [2.75, 3.05) is 13.7 Å². The molecule has 146 valence electrons. The van der Waals surface area contributed by atoms with Crippen LogP contribution in [-0.4, -0.2) is 31.9 Å². The van der Waals surface area contributed by atoms with E-state index in [0.717, 1.165) is 5.56 Å². The number of hydrogen-bond donors (Lipinski definition) is 1. The Morgan fingerprint density at radius 2 is 1.86 bits per heavy atom. The Morgan fingerprint density at radius 1 is 1.11 bits per heavy atom. The number of halogens is 1. The average Bonchev–Trinajstić information content (AvgIpc) is 2.70. The molecule has 1 heterocycles. The van der Waals surface area contributed by atoms with Gasteiger partial charge in [0.05, 0.1) is 19.3 Å². The summed E-state index contributed by atoms with van der Waals surface area (Å²) in [5.74, 6) is 0.233. The van der Waals surface area contributed by atoms with Gasteiger partial charge in [-0.3, -0.25) is 4.79 Å². The van der Waals surface area contributed by atoms with Crippen molar-refractivity contribution in [2.24, 2.45) is 0 Å². The largest absolute Gasteiger partial charge is 0.495 e. The molecule has 28 heavy (non-hydrogen) atoms. The minimum atomic E-state index is -3.82. The van der Waals surface area contributed by atoms with Crippen LogP contribution in [-0.2, 0) is 16.6 Å². The lowest BCUT2D eigenvalue weighted by molar-refractivity contribution is 0.402. The molecular formula is C19H18BrN3O4S. The van der Waals surface area contributed by atoms with Crippen LogP contribution >= 0.6 is 15.9 Å². The lowest BCUT2D eigenvalue weighted by Gasteiger charge is -2.12. The first-order valence-corrected chi connectivity index (χ1v) is 10.6. The standard InChI is InChI=1S/C19H18BrN3O4S/c1-27-17-9-7-15(20)13-18(17)28(25,26)21-11-12-23-19(24)10-8-16(22-23)14-5-3-2-4-6-14/h2-10,13,21H,11-12H2,1H3. The second-order valence-corrected chi connectivity index (χ2v) is 8.49. The predicted molar refractivity (Wildman–Crippen MR) is 110 cm³/mol. The summed E-state index contributed by atoms with van der Waals surface area (Å²) in [6, 6.07) is 17.2. The van der Waals surface area contributed by atoms with Gasteiger partial charge in [-0.1, -0.05) is 46.3 Å². The Morgan fingerprint density at radius 3 is 2.57 bits per heavy atom. The summed E-state index contributed by atoms with van der Waals surface area (Å²) >= 11 is 3.26. The number of sulfonamides is 1. The Labute approximate surface area is 171 Å². The smallest absolute Gasteiger partial charge is 0.266 e. The quantitative estimate of drug-likeness (QED) is 0.581. The van der Waals surface area contributed by atoms with E-state index < -0.39 is 10.0 Å². The van der Waals surface area contributed by atoms with Gasteiger partial charge in [0.2, 0.25) is 10.0 Å². The van der Waals surface area contributed by atoms with Crippen molar-refractivity contribution in [3.63, 3.8) is 0 Å². The van der Waals surface area contributed by atoms with Crippen molar-refractivity contribution in [3.8, 4) is 17.0 Å². The molecule has 3 rings (SSSR count). The summed E-state index contributed by atoms with van der Waals surface area (Å²) in [6.07, 6.45) is 0. The van der Waals surface area contributed by atoms with Crippen molar-refractivity contribution in [1.82, 2.24) is 14.5 Å². The third-order valence-corrected chi connectivity index (χ3v) is 5.94. The molecule has 7 nitrogen and oxygen atoms in total. The summed E-state index contributed by atoms with van der Waals surface area (Å²) in [5.41, 5.74) is 1.20. The van der Waals surface area contributed by atoms with Crippen LogP contribution in [0.4, 0.5) is 0 Å². The maximum Gasteiger partial charge on any atom is 0.266 e. The van der Waals surface area contributed by atoms with E-state index in [4.69, 9.17) is 4.74 Å². The number of aromatic nitrogens is 2. The van der Waals surface area contributed by atoms with Crippen molar-refractivity contribution >= 4 is 26.0 Å². The number of rotatable bonds is 7. The SMILES string of the molecule is COc1ccc(Br)cc1S(=O)(=O)NCCn1nc(-c2ccccc2)ccc1=O. The molecular weight excluding hydrogens is 446 g/mol. The fourth-order valence-corrected chi connectivity index (χ4v) is 4.32. The Balaban J connectivity index is 1.76. The molecule has 3 aromatic rings. The van der Waals surface area contributed by atoms with Crippen LogP contribution in [0.25, 0.3) is 11.3 Å². The zero-order chi connectivity index (χ0) is 20.1. The van der Waals surface area contributed by atoms with Crippen molar-refractivity contribution < 1.29 is 13.2 Å². The molecule has 0 amide bonds. The molecule has 0 bridgehead atoms. The molecule has 0 aliphatic heterocycles.